The SMILES string of the molecule is CN(C)CCN(C)S(=O)(=O)c1cc(C(N)=S)ccc1Cl. The van der Waals surface area contributed by atoms with Crippen LogP contribution in [-0.4, -0.2) is 56.8 Å². The molecule has 8 heteroatoms. The van der Waals surface area contributed by atoms with Crippen LogP contribution in [0.2, 0.25) is 5.02 Å². The van der Waals surface area contributed by atoms with E-state index in [4.69, 9.17) is 29.6 Å². The van der Waals surface area contributed by atoms with Crippen LogP contribution in [0.25, 0.3) is 0 Å². The number of nitrogens with zero attached hydrogens (tertiary/aromatic N) is 2. The first-order valence-electron chi connectivity index (χ1n) is 5.86. The Labute approximate surface area is 130 Å². The molecule has 0 radical (unpaired) electrons. The molecule has 0 aliphatic rings. The van der Waals surface area contributed by atoms with Crippen molar-refractivity contribution in [3.8, 4) is 0 Å². The van der Waals surface area contributed by atoms with Gasteiger partial charge in [-0.1, -0.05) is 29.9 Å². The Morgan fingerprint density at radius 1 is 1.30 bits per heavy atom. The number of nitrogens with two attached hydrogens (primary N) is 1. The molecular weight excluding hydrogens is 318 g/mol. The number of thiocarbonyl (C=S) groups is 1. The third kappa shape index (κ3) is 4.13. The lowest BCUT2D eigenvalue weighted by atomic mass is 10.2. The van der Waals surface area contributed by atoms with Crippen LogP contribution >= 0.6 is 23.8 Å². The zero-order valence-corrected chi connectivity index (χ0v) is 14.0. The van der Waals surface area contributed by atoms with Crippen molar-refractivity contribution in [1.29, 1.82) is 0 Å². The highest BCUT2D eigenvalue weighted by molar-refractivity contribution is 7.89. The van der Waals surface area contributed by atoms with Crippen molar-refractivity contribution in [2.45, 2.75) is 4.90 Å². The number of benzene rings is 1. The predicted molar refractivity (Wildman–Crippen MR) is 85.7 cm³/mol. The van der Waals surface area contributed by atoms with Gasteiger partial charge in [0.15, 0.2) is 0 Å². The zero-order valence-electron chi connectivity index (χ0n) is 11.6. The van der Waals surface area contributed by atoms with Gasteiger partial charge < -0.3 is 10.6 Å². The monoisotopic (exact) mass is 335 g/mol. The molecule has 1 aromatic rings. The lowest BCUT2D eigenvalue weighted by Crippen LogP contribution is -2.33. The first kappa shape index (κ1) is 17.3. The fraction of sp³-hybridized carbons (Fsp3) is 0.417. The Kier molecular flexibility index (Phi) is 5.91. The van der Waals surface area contributed by atoms with E-state index in [1.165, 1.54) is 23.5 Å². The topological polar surface area (TPSA) is 66.6 Å². The molecular formula is C12H18ClN3O2S2. The maximum absolute atomic E-state index is 12.5. The Hall–Kier alpha value is -0.730. The molecule has 0 spiro atoms. The first-order valence-corrected chi connectivity index (χ1v) is 8.09. The van der Waals surface area contributed by atoms with Gasteiger partial charge in [0.05, 0.1) is 5.02 Å². The number of hydrogen-bond acceptors (Lipinski definition) is 4. The molecule has 20 heavy (non-hydrogen) atoms. The summed E-state index contributed by atoms with van der Waals surface area (Å²) in [5.41, 5.74) is 6.00. The van der Waals surface area contributed by atoms with Gasteiger partial charge in [-0.15, -0.1) is 0 Å². The number of rotatable bonds is 6. The van der Waals surface area contributed by atoms with Crippen molar-refractivity contribution in [3.63, 3.8) is 0 Å². The molecule has 0 fully saturated rings. The van der Waals surface area contributed by atoms with Gasteiger partial charge in [-0.25, -0.2) is 8.42 Å². The van der Waals surface area contributed by atoms with Crippen molar-refractivity contribution in [2.75, 3.05) is 34.2 Å². The van der Waals surface area contributed by atoms with Gasteiger partial charge in [-0.3, -0.25) is 0 Å². The van der Waals surface area contributed by atoms with Crippen LogP contribution in [-0.2, 0) is 10.0 Å². The third-order valence-corrected chi connectivity index (χ3v) is 5.34. The molecule has 112 valence electrons. The molecule has 0 saturated carbocycles. The van der Waals surface area contributed by atoms with Crippen molar-refractivity contribution < 1.29 is 8.42 Å². The summed E-state index contributed by atoms with van der Waals surface area (Å²) in [6.45, 7) is 0.977. The van der Waals surface area contributed by atoms with Crippen LogP contribution in [0.4, 0.5) is 0 Å². The van der Waals surface area contributed by atoms with Crippen LogP contribution in [0.1, 0.15) is 5.56 Å². The van der Waals surface area contributed by atoms with E-state index in [-0.39, 0.29) is 14.9 Å². The Morgan fingerprint density at radius 3 is 2.40 bits per heavy atom. The minimum Gasteiger partial charge on any atom is -0.389 e. The van der Waals surface area contributed by atoms with Gasteiger partial charge in [0, 0.05) is 25.7 Å². The zero-order chi connectivity index (χ0) is 15.5. The molecule has 1 aromatic carbocycles. The van der Waals surface area contributed by atoms with E-state index in [0.29, 0.717) is 18.7 Å². The van der Waals surface area contributed by atoms with Gasteiger partial charge >= 0.3 is 0 Å². The van der Waals surface area contributed by atoms with Crippen LogP contribution < -0.4 is 5.73 Å². The van der Waals surface area contributed by atoms with Gasteiger partial charge in [-0.05, 0) is 26.2 Å². The van der Waals surface area contributed by atoms with Crippen LogP contribution in [0.5, 0.6) is 0 Å². The van der Waals surface area contributed by atoms with E-state index in [1.54, 1.807) is 6.07 Å². The van der Waals surface area contributed by atoms with E-state index >= 15 is 0 Å². The molecule has 0 amide bonds. The van der Waals surface area contributed by atoms with Gasteiger partial charge in [0.1, 0.15) is 9.88 Å². The van der Waals surface area contributed by atoms with E-state index < -0.39 is 10.0 Å². The summed E-state index contributed by atoms with van der Waals surface area (Å²) in [6, 6.07) is 4.50. The highest BCUT2D eigenvalue weighted by Gasteiger charge is 2.24. The van der Waals surface area contributed by atoms with E-state index in [1.807, 2.05) is 19.0 Å². The number of hydrogen-bond donors (Lipinski definition) is 1. The second-order valence-corrected chi connectivity index (χ2v) is 7.50. The maximum Gasteiger partial charge on any atom is 0.244 e. The summed E-state index contributed by atoms with van der Waals surface area (Å²) in [7, 11) is 1.61. The lowest BCUT2D eigenvalue weighted by molar-refractivity contribution is 0.358. The van der Waals surface area contributed by atoms with Crippen molar-refractivity contribution >= 4 is 38.8 Å². The molecule has 0 heterocycles. The molecule has 2 N–H and O–H groups in total. The van der Waals surface area contributed by atoms with Crippen LogP contribution in [0.3, 0.4) is 0 Å². The molecule has 0 unspecified atom stereocenters. The minimum absolute atomic E-state index is 0.0192. The fourth-order valence-corrected chi connectivity index (χ4v) is 3.27. The number of likely N-dealkylation sites (N-methyl/N-ethyl adjacent to an activating group) is 2. The smallest absolute Gasteiger partial charge is 0.244 e. The maximum atomic E-state index is 12.5. The van der Waals surface area contributed by atoms with E-state index in [9.17, 15) is 8.42 Å². The van der Waals surface area contributed by atoms with Gasteiger partial charge in [0.2, 0.25) is 10.0 Å². The standard InChI is InChI=1S/C12H18ClN3O2S2/c1-15(2)6-7-16(3)20(17,18)11-8-9(12(14)19)4-5-10(11)13/h4-5,8H,6-7H2,1-3H3,(H2,14,19). The average molecular weight is 336 g/mol. The summed E-state index contributed by atoms with van der Waals surface area (Å²) < 4.78 is 26.2. The molecule has 0 saturated heterocycles. The summed E-state index contributed by atoms with van der Waals surface area (Å²) in [5, 5.41) is 0.154. The molecule has 0 aliphatic carbocycles. The van der Waals surface area contributed by atoms with Gasteiger partial charge in [-0.2, -0.15) is 4.31 Å². The Morgan fingerprint density at radius 2 is 1.90 bits per heavy atom. The summed E-state index contributed by atoms with van der Waals surface area (Å²) in [6.07, 6.45) is 0. The number of sulfonamides is 1. The fourth-order valence-electron chi connectivity index (χ4n) is 1.48. The van der Waals surface area contributed by atoms with Crippen molar-refractivity contribution in [1.82, 2.24) is 9.21 Å². The lowest BCUT2D eigenvalue weighted by Gasteiger charge is -2.20. The second kappa shape index (κ2) is 6.82. The molecule has 1 rings (SSSR count). The summed E-state index contributed by atoms with van der Waals surface area (Å²) in [4.78, 5) is 2.05. The number of halogens is 1. The normalized spacial score (nSPS) is 12.1. The Bertz CT molecular complexity index is 603. The average Bonchev–Trinajstić information content (AvgIpc) is 2.35. The minimum atomic E-state index is -3.66. The second-order valence-electron chi connectivity index (χ2n) is 4.64. The molecule has 0 bridgehead atoms. The van der Waals surface area contributed by atoms with E-state index in [2.05, 4.69) is 0 Å². The molecule has 5 nitrogen and oxygen atoms in total. The van der Waals surface area contributed by atoms with Crippen molar-refractivity contribution in [3.05, 3.63) is 28.8 Å². The van der Waals surface area contributed by atoms with Crippen LogP contribution in [0, 0.1) is 0 Å². The third-order valence-electron chi connectivity index (χ3n) is 2.77. The Balaban J connectivity index is 3.14. The van der Waals surface area contributed by atoms with Crippen LogP contribution in [0.15, 0.2) is 23.1 Å². The first-order chi connectivity index (χ1) is 9.16. The van der Waals surface area contributed by atoms with Gasteiger partial charge in [0.25, 0.3) is 0 Å². The van der Waals surface area contributed by atoms with E-state index in [0.717, 1.165) is 0 Å². The predicted octanol–water partition coefficient (Wildman–Crippen LogP) is 1.16. The molecule has 0 atom stereocenters. The highest BCUT2D eigenvalue weighted by atomic mass is 35.5. The molecule has 0 aliphatic heterocycles. The quantitative estimate of drug-likeness (QED) is 0.790. The summed E-state index contributed by atoms with van der Waals surface area (Å²) in [5.74, 6) is 0. The van der Waals surface area contributed by atoms with Crippen molar-refractivity contribution in [2.24, 2.45) is 5.73 Å². The molecule has 0 aromatic heterocycles. The highest BCUT2D eigenvalue weighted by Crippen LogP contribution is 2.25. The summed E-state index contributed by atoms with van der Waals surface area (Å²) >= 11 is 10.9. The largest absolute Gasteiger partial charge is 0.389 e.